The van der Waals surface area contributed by atoms with Crippen molar-refractivity contribution < 1.29 is 19.4 Å². The van der Waals surface area contributed by atoms with Gasteiger partial charge in [-0.2, -0.15) is 0 Å². The van der Waals surface area contributed by atoms with Gasteiger partial charge >= 0.3 is 12.0 Å². The molecule has 1 aliphatic rings. The first-order chi connectivity index (χ1) is 10.5. The molecule has 0 heterocycles. The Balaban J connectivity index is 1.81. The second-order valence-corrected chi connectivity index (χ2v) is 5.83. The molecule has 0 saturated heterocycles. The molecule has 1 saturated carbocycles. The first-order valence-corrected chi connectivity index (χ1v) is 7.43. The third-order valence-corrected chi connectivity index (χ3v) is 3.60. The van der Waals surface area contributed by atoms with Gasteiger partial charge < -0.3 is 20.1 Å². The fourth-order valence-electron chi connectivity index (χ4n) is 1.92. The number of ether oxygens (including phenoxy) is 1. The molecule has 2 amide bonds. The van der Waals surface area contributed by atoms with Crippen LogP contribution in [0, 0.1) is 11.8 Å². The van der Waals surface area contributed by atoms with E-state index in [0.29, 0.717) is 11.6 Å². The van der Waals surface area contributed by atoms with Gasteiger partial charge in [-0.25, -0.2) is 4.79 Å². The first-order valence-electron chi connectivity index (χ1n) is 7.43. The first kappa shape index (κ1) is 16.1. The van der Waals surface area contributed by atoms with E-state index in [4.69, 9.17) is 9.84 Å². The van der Waals surface area contributed by atoms with E-state index >= 15 is 0 Å². The Morgan fingerprint density at radius 1 is 1.36 bits per heavy atom. The van der Waals surface area contributed by atoms with E-state index in [1.165, 1.54) is 17.7 Å². The highest BCUT2D eigenvalue weighted by Crippen LogP contribution is 2.29. The lowest BCUT2D eigenvalue weighted by Gasteiger charge is -2.20. The van der Waals surface area contributed by atoms with Gasteiger partial charge in [-0.3, -0.25) is 4.79 Å². The van der Waals surface area contributed by atoms with Crippen LogP contribution in [-0.4, -0.2) is 42.2 Å². The van der Waals surface area contributed by atoms with Gasteiger partial charge in [-0.1, -0.05) is 6.92 Å². The molecule has 1 fully saturated rings. The summed E-state index contributed by atoms with van der Waals surface area (Å²) < 4.78 is 5.63. The van der Waals surface area contributed by atoms with Gasteiger partial charge in [-0.05, 0) is 43.0 Å². The summed E-state index contributed by atoms with van der Waals surface area (Å²) in [4.78, 5) is 24.1. The minimum Gasteiger partial charge on any atom is -0.493 e. The fraction of sp³-hybridized carbons (Fsp3) is 0.500. The zero-order valence-electron chi connectivity index (χ0n) is 12.9. The Bertz CT molecular complexity index is 525. The van der Waals surface area contributed by atoms with E-state index in [-0.39, 0.29) is 12.6 Å². The van der Waals surface area contributed by atoms with Gasteiger partial charge in [0.1, 0.15) is 5.75 Å². The van der Waals surface area contributed by atoms with Gasteiger partial charge in [0, 0.05) is 19.3 Å². The van der Waals surface area contributed by atoms with Crippen molar-refractivity contribution in [3.05, 3.63) is 24.3 Å². The fourth-order valence-corrected chi connectivity index (χ4v) is 1.92. The number of rotatable bonds is 7. The van der Waals surface area contributed by atoms with Crippen LogP contribution in [0.1, 0.15) is 19.8 Å². The number of nitrogens with one attached hydrogen (secondary N) is 1. The predicted molar refractivity (Wildman–Crippen MR) is 83.1 cm³/mol. The average Bonchev–Trinajstić information content (AvgIpc) is 3.30. The Kier molecular flexibility index (Phi) is 5.25. The second kappa shape index (κ2) is 7.15. The van der Waals surface area contributed by atoms with Crippen LogP contribution in [0.4, 0.5) is 10.5 Å². The zero-order chi connectivity index (χ0) is 16.1. The molecule has 2 N–H and O–H groups in total. The minimum absolute atomic E-state index is 0.156. The molecule has 6 heteroatoms. The highest BCUT2D eigenvalue weighted by Gasteiger charge is 2.22. The average molecular weight is 306 g/mol. The number of urea groups is 1. The van der Waals surface area contributed by atoms with Crippen LogP contribution >= 0.6 is 0 Å². The van der Waals surface area contributed by atoms with Crippen molar-refractivity contribution in [2.75, 3.05) is 25.5 Å². The Morgan fingerprint density at radius 2 is 2.00 bits per heavy atom. The van der Waals surface area contributed by atoms with Crippen LogP contribution in [0.15, 0.2) is 24.3 Å². The molecule has 22 heavy (non-hydrogen) atoms. The maximum Gasteiger partial charge on any atom is 0.321 e. The van der Waals surface area contributed by atoms with Crippen molar-refractivity contribution in [1.29, 1.82) is 0 Å². The largest absolute Gasteiger partial charge is 0.493 e. The molecule has 1 atom stereocenters. The Morgan fingerprint density at radius 3 is 2.55 bits per heavy atom. The maximum absolute atomic E-state index is 12.0. The van der Waals surface area contributed by atoms with Crippen molar-refractivity contribution >= 4 is 17.7 Å². The summed E-state index contributed by atoms with van der Waals surface area (Å²) in [5, 5.41) is 11.6. The van der Waals surface area contributed by atoms with Crippen molar-refractivity contribution in [3.63, 3.8) is 0 Å². The molecule has 120 valence electrons. The lowest BCUT2D eigenvalue weighted by Crippen LogP contribution is -2.36. The summed E-state index contributed by atoms with van der Waals surface area (Å²) in [7, 11) is 1.57. The van der Waals surface area contributed by atoms with Gasteiger partial charge in [0.25, 0.3) is 0 Å². The van der Waals surface area contributed by atoms with Crippen LogP contribution in [0.2, 0.25) is 0 Å². The van der Waals surface area contributed by atoms with E-state index < -0.39 is 11.9 Å². The van der Waals surface area contributed by atoms with E-state index in [0.717, 1.165) is 12.4 Å². The third kappa shape index (κ3) is 4.95. The monoisotopic (exact) mass is 306 g/mol. The van der Waals surface area contributed by atoms with E-state index in [1.807, 2.05) is 12.1 Å². The topological polar surface area (TPSA) is 78.9 Å². The molecule has 0 spiro atoms. The summed E-state index contributed by atoms with van der Waals surface area (Å²) >= 11 is 0. The smallest absolute Gasteiger partial charge is 0.321 e. The number of carbonyl (C=O) groups excluding carboxylic acids is 1. The Hall–Kier alpha value is -2.24. The number of carboxylic acid groups (broad SMARTS) is 1. The van der Waals surface area contributed by atoms with Crippen molar-refractivity contribution in [1.82, 2.24) is 4.90 Å². The van der Waals surface area contributed by atoms with Crippen LogP contribution < -0.4 is 10.1 Å². The molecule has 0 radical (unpaired) electrons. The lowest BCUT2D eigenvalue weighted by atomic mass is 10.2. The zero-order valence-corrected chi connectivity index (χ0v) is 12.9. The number of amides is 2. The lowest BCUT2D eigenvalue weighted by molar-refractivity contribution is -0.141. The SMILES string of the molecule is CC(CN(C)C(=O)Nc1ccc(OCC2CC2)cc1)C(=O)O. The summed E-state index contributed by atoms with van der Waals surface area (Å²) in [6.45, 7) is 2.48. The van der Waals surface area contributed by atoms with Gasteiger partial charge in [-0.15, -0.1) is 0 Å². The van der Waals surface area contributed by atoms with Crippen LogP contribution in [0.25, 0.3) is 0 Å². The third-order valence-electron chi connectivity index (χ3n) is 3.60. The summed E-state index contributed by atoms with van der Waals surface area (Å²) in [5.41, 5.74) is 0.651. The molecular weight excluding hydrogens is 284 g/mol. The van der Waals surface area contributed by atoms with E-state index in [1.54, 1.807) is 26.1 Å². The quantitative estimate of drug-likeness (QED) is 0.811. The second-order valence-electron chi connectivity index (χ2n) is 5.83. The van der Waals surface area contributed by atoms with Gasteiger partial charge in [0.2, 0.25) is 0 Å². The molecule has 1 aromatic carbocycles. The predicted octanol–water partition coefficient (Wildman–Crippen LogP) is 2.66. The number of nitrogens with zero attached hydrogens (tertiary/aromatic N) is 1. The number of aliphatic carboxylic acids is 1. The normalized spacial score (nSPS) is 15.0. The van der Waals surface area contributed by atoms with Crippen LogP contribution in [0.5, 0.6) is 5.75 Å². The highest BCUT2D eigenvalue weighted by atomic mass is 16.5. The summed E-state index contributed by atoms with van der Waals surface area (Å²) in [6.07, 6.45) is 2.49. The van der Waals surface area contributed by atoms with Gasteiger partial charge in [0.05, 0.1) is 12.5 Å². The molecule has 6 nitrogen and oxygen atoms in total. The van der Waals surface area contributed by atoms with E-state index in [9.17, 15) is 9.59 Å². The molecule has 0 aromatic heterocycles. The van der Waals surface area contributed by atoms with Gasteiger partial charge in [0.15, 0.2) is 0 Å². The summed E-state index contributed by atoms with van der Waals surface area (Å²) in [6, 6.07) is 6.85. The van der Waals surface area contributed by atoms with Crippen molar-refractivity contribution in [3.8, 4) is 5.75 Å². The molecule has 0 aliphatic heterocycles. The number of anilines is 1. The molecule has 0 bridgehead atoms. The molecule has 1 aliphatic carbocycles. The van der Waals surface area contributed by atoms with Crippen molar-refractivity contribution in [2.45, 2.75) is 19.8 Å². The van der Waals surface area contributed by atoms with Crippen molar-refractivity contribution in [2.24, 2.45) is 11.8 Å². The number of hydrogen-bond acceptors (Lipinski definition) is 3. The number of carbonyl (C=O) groups is 2. The van der Waals surface area contributed by atoms with Crippen LogP contribution in [-0.2, 0) is 4.79 Å². The summed E-state index contributed by atoms with van der Waals surface area (Å²) in [5.74, 6) is -0.0345. The minimum atomic E-state index is -0.920. The van der Waals surface area contributed by atoms with E-state index in [2.05, 4.69) is 5.32 Å². The Labute approximate surface area is 130 Å². The molecule has 2 rings (SSSR count). The maximum atomic E-state index is 12.0. The highest BCUT2D eigenvalue weighted by molar-refractivity contribution is 5.89. The molecule has 1 aromatic rings. The molecule has 1 unspecified atom stereocenters. The number of hydrogen-bond donors (Lipinski definition) is 2. The number of benzene rings is 1. The van der Waals surface area contributed by atoms with Crippen LogP contribution in [0.3, 0.4) is 0 Å². The number of carboxylic acids is 1. The standard InChI is InChI=1S/C16H22N2O4/c1-11(15(19)20)9-18(2)16(21)17-13-5-7-14(8-6-13)22-10-12-3-4-12/h5-8,11-12H,3-4,9-10H2,1-2H3,(H,17,21)(H,19,20). The molecular formula is C16H22N2O4.